The number of thiophene rings is 1. The van der Waals surface area contributed by atoms with Gasteiger partial charge in [-0.25, -0.2) is 15.0 Å². The van der Waals surface area contributed by atoms with Crippen molar-refractivity contribution in [3.05, 3.63) is 59.9 Å². The van der Waals surface area contributed by atoms with Crippen LogP contribution in [-0.4, -0.2) is 30.6 Å². The summed E-state index contributed by atoms with van der Waals surface area (Å²) in [5.74, 6) is 1.43. The molecule has 4 aromatic heterocycles. The average Bonchev–Trinajstić information content (AvgIpc) is 3.36. The summed E-state index contributed by atoms with van der Waals surface area (Å²) in [5.41, 5.74) is 0.658. The van der Waals surface area contributed by atoms with Crippen LogP contribution in [0.25, 0.3) is 16.6 Å². The van der Waals surface area contributed by atoms with Crippen molar-refractivity contribution in [3.63, 3.8) is 0 Å². The van der Waals surface area contributed by atoms with E-state index in [-0.39, 0.29) is 11.6 Å². The van der Waals surface area contributed by atoms with Gasteiger partial charge in [-0.2, -0.15) is 0 Å². The maximum Gasteiger partial charge on any atom is 0.277 e. The van der Waals surface area contributed by atoms with Crippen molar-refractivity contribution in [1.82, 2.24) is 24.7 Å². The topological polar surface area (TPSA) is 98.7 Å². The fourth-order valence-electron chi connectivity index (χ4n) is 2.21. The Hall–Kier alpha value is -3.33. The molecule has 0 fully saturated rings. The lowest BCUT2D eigenvalue weighted by Gasteiger charge is -2.05. The average molecular weight is 352 g/mol. The van der Waals surface area contributed by atoms with Gasteiger partial charge in [0.1, 0.15) is 5.82 Å². The van der Waals surface area contributed by atoms with E-state index in [0.29, 0.717) is 17.4 Å². The van der Waals surface area contributed by atoms with Gasteiger partial charge < -0.3 is 9.84 Å². The van der Waals surface area contributed by atoms with E-state index in [4.69, 9.17) is 4.52 Å². The lowest BCUT2D eigenvalue weighted by Crippen LogP contribution is -2.13. The lowest BCUT2D eigenvalue weighted by atomic mass is 10.3. The van der Waals surface area contributed by atoms with Crippen LogP contribution >= 0.6 is 11.3 Å². The number of nitrogens with zero attached hydrogens (tertiary/aromatic N) is 5. The molecule has 0 aliphatic rings. The van der Waals surface area contributed by atoms with Crippen LogP contribution < -0.4 is 5.32 Å². The summed E-state index contributed by atoms with van der Waals surface area (Å²) in [4.78, 5) is 25.8. The third-order valence-electron chi connectivity index (χ3n) is 3.44. The first-order valence-electron chi connectivity index (χ1n) is 7.35. The molecule has 4 heterocycles. The molecular formula is C16H12N6O2S. The number of aryl methyl sites for hydroxylation is 1. The minimum Gasteiger partial charge on any atom is -0.355 e. The minimum absolute atomic E-state index is 0.193. The fourth-order valence-corrected chi connectivity index (χ4v) is 2.88. The fraction of sp³-hybridized carbons (Fsp3) is 0.0625. The number of anilines is 1. The summed E-state index contributed by atoms with van der Waals surface area (Å²) in [7, 11) is 0. The number of imidazole rings is 1. The third kappa shape index (κ3) is 3.04. The van der Waals surface area contributed by atoms with Gasteiger partial charge in [-0.1, -0.05) is 11.2 Å². The monoisotopic (exact) mass is 352 g/mol. The van der Waals surface area contributed by atoms with Crippen LogP contribution in [0.2, 0.25) is 0 Å². The molecule has 0 unspecified atom stereocenters. The maximum atomic E-state index is 12.3. The van der Waals surface area contributed by atoms with Gasteiger partial charge in [0, 0.05) is 18.5 Å². The summed E-state index contributed by atoms with van der Waals surface area (Å²) >= 11 is 1.51. The first-order valence-corrected chi connectivity index (χ1v) is 8.23. The van der Waals surface area contributed by atoms with E-state index >= 15 is 0 Å². The van der Waals surface area contributed by atoms with Crippen LogP contribution in [0.4, 0.5) is 5.69 Å². The van der Waals surface area contributed by atoms with E-state index in [0.717, 1.165) is 10.7 Å². The molecule has 4 rings (SSSR count). The zero-order valence-corrected chi connectivity index (χ0v) is 13.9. The molecule has 0 aliphatic heterocycles. The first kappa shape index (κ1) is 15.2. The zero-order valence-electron chi connectivity index (χ0n) is 13.1. The molecule has 124 valence electrons. The molecule has 1 N–H and O–H groups in total. The second-order valence-electron chi connectivity index (χ2n) is 5.12. The van der Waals surface area contributed by atoms with Gasteiger partial charge in [0.2, 0.25) is 5.95 Å². The van der Waals surface area contributed by atoms with Crippen LogP contribution in [-0.2, 0) is 0 Å². The first-order chi connectivity index (χ1) is 12.2. The molecule has 1 amide bonds. The largest absolute Gasteiger partial charge is 0.355 e. The molecule has 0 aliphatic carbocycles. The number of nitrogens with one attached hydrogen (secondary N) is 1. The molecular weight excluding hydrogens is 340 g/mol. The second-order valence-corrected chi connectivity index (χ2v) is 6.07. The van der Waals surface area contributed by atoms with E-state index in [1.807, 2.05) is 24.4 Å². The van der Waals surface area contributed by atoms with E-state index in [1.165, 1.54) is 23.7 Å². The van der Waals surface area contributed by atoms with E-state index in [9.17, 15) is 4.79 Å². The molecule has 25 heavy (non-hydrogen) atoms. The minimum atomic E-state index is -0.387. The Morgan fingerprint density at radius 2 is 2.12 bits per heavy atom. The Labute approximate surface area is 146 Å². The van der Waals surface area contributed by atoms with Crippen LogP contribution in [0.5, 0.6) is 0 Å². The number of amides is 1. The summed E-state index contributed by atoms with van der Waals surface area (Å²) in [5, 5.41) is 8.43. The van der Waals surface area contributed by atoms with E-state index in [2.05, 4.69) is 25.4 Å². The third-order valence-corrected chi connectivity index (χ3v) is 4.33. The lowest BCUT2D eigenvalue weighted by molar-refractivity contribution is 0.101. The van der Waals surface area contributed by atoms with Crippen molar-refractivity contribution in [2.45, 2.75) is 6.92 Å². The molecule has 0 radical (unpaired) electrons. The van der Waals surface area contributed by atoms with Crippen LogP contribution in [0, 0.1) is 6.92 Å². The Kier molecular flexibility index (Phi) is 3.82. The van der Waals surface area contributed by atoms with Gasteiger partial charge in [-0.15, -0.1) is 11.3 Å². The maximum absolute atomic E-state index is 12.3. The predicted octanol–water partition coefficient (Wildman–Crippen LogP) is 2.94. The molecule has 4 aromatic rings. The molecule has 0 atom stereocenters. The Bertz CT molecular complexity index is 1000. The summed E-state index contributed by atoms with van der Waals surface area (Å²) in [6.07, 6.45) is 6.49. The zero-order chi connectivity index (χ0) is 17.2. The van der Waals surface area contributed by atoms with Crippen molar-refractivity contribution in [1.29, 1.82) is 0 Å². The van der Waals surface area contributed by atoms with Gasteiger partial charge in [0.05, 0.1) is 23.0 Å². The number of aromatic nitrogens is 5. The van der Waals surface area contributed by atoms with Crippen molar-refractivity contribution >= 4 is 22.9 Å². The highest BCUT2D eigenvalue weighted by molar-refractivity contribution is 7.13. The quantitative estimate of drug-likeness (QED) is 0.606. The van der Waals surface area contributed by atoms with E-state index < -0.39 is 0 Å². The molecule has 0 spiro atoms. The number of hydrogen-bond donors (Lipinski definition) is 1. The molecule has 9 heteroatoms. The molecule has 0 aromatic carbocycles. The highest BCUT2D eigenvalue weighted by Gasteiger charge is 2.15. The molecule has 8 nitrogen and oxygen atoms in total. The van der Waals surface area contributed by atoms with Crippen LogP contribution in [0.1, 0.15) is 16.3 Å². The SMILES string of the molecule is Cc1nccn1-c1ncc(NC(=O)c2cc(-c3cccs3)on2)cn1. The summed E-state index contributed by atoms with van der Waals surface area (Å²) < 4.78 is 6.95. The predicted molar refractivity (Wildman–Crippen MR) is 91.7 cm³/mol. The Balaban J connectivity index is 1.49. The Morgan fingerprint density at radius 1 is 1.28 bits per heavy atom. The highest BCUT2D eigenvalue weighted by Crippen LogP contribution is 2.25. The standard InChI is InChI=1S/C16H12N6O2S/c1-10-17-4-5-22(10)16-18-8-11(9-19-16)20-15(23)12-7-13(24-21-12)14-3-2-6-25-14/h2-9H,1H3,(H,20,23). The normalized spacial score (nSPS) is 10.8. The van der Waals surface area contributed by atoms with E-state index in [1.54, 1.807) is 23.0 Å². The Morgan fingerprint density at radius 3 is 2.80 bits per heavy atom. The summed E-state index contributed by atoms with van der Waals surface area (Å²) in [6, 6.07) is 5.41. The van der Waals surface area contributed by atoms with Gasteiger partial charge >= 0.3 is 0 Å². The van der Waals surface area contributed by atoms with Crippen LogP contribution in [0.3, 0.4) is 0 Å². The van der Waals surface area contributed by atoms with Gasteiger partial charge in [0.25, 0.3) is 5.91 Å². The van der Waals surface area contributed by atoms with Gasteiger partial charge in [-0.05, 0) is 18.4 Å². The second kappa shape index (κ2) is 6.29. The van der Waals surface area contributed by atoms with Crippen molar-refractivity contribution < 1.29 is 9.32 Å². The molecule has 0 saturated heterocycles. The van der Waals surface area contributed by atoms with Gasteiger partial charge in [0.15, 0.2) is 11.5 Å². The highest BCUT2D eigenvalue weighted by atomic mass is 32.1. The van der Waals surface area contributed by atoms with Crippen molar-refractivity contribution in [2.75, 3.05) is 5.32 Å². The number of hydrogen-bond acceptors (Lipinski definition) is 7. The summed E-state index contributed by atoms with van der Waals surface area (Å²) in [6.45, 7) is 1.86. The number of carbonyl (C=O) groups excluding carboxylic acids is 1. The van der Waals surface area contributed by atoms with Crippen molar-refractivity contribution in [3.8, 4) is 16.6 Å². The van der Waals surface area contributed by atoms with Crippen molar-refractivity contribution in [2.24, 2.45) is 0 Å². The molecule has 0 saturated carbocycles. The number of carbonyl (C=O) groups is 1. The smallest absolute Gasteiger partial charge is 0.277 e. The van der Waals surface area contributed by atoms with Crippen LogP contribution in [0.15, 0.2) is 52.9 Å². The van der Waals surface area contributed by atoms with Gasteiger partial charge in [-0.3, -0.25) is 9.36 Å². The number of rotatable bonds is 4. The molecule has 0 bridgehead atoms.